The predicted octanol–water partition coefficient (Wildman–Crippen LogP) is 2.59. The van der Waals surface area contributed by atoms with Crippen LogP contribution in [0.15, 0.2) is 11.2 Å². The molecule has 1 saturated heterocycles. The van der Waals surface area contributed by atoms with E-state index in [9.17, 15) is 0 Å². The number of amidine groups is 1. The Morgan fingerprint density at radius 1 is 1.58 bits per heavy atom. The van der Waals surface area contributed by atoms with E-state index in [1.165, 1.54) is 12.0 Å². The molecule has 1 aliphatic rings. The monoisotopic (exact) mass is 280 g/mol. The van der Waals surface area contributed by atoms with Crippen molar-refractivity contribution in [3.63, 3.8) is 0 Å². The predicted molar refractivity (Wildman–Crippen MR) is 82.6 cm³/mol. The van der Waals surface area contributed by atoms with E-state index in [4.69, 9.17) is 0 Å². The van der Waals surface area contributed by atoms with Crippen LogP contribution >= 0.6 is 11.8 Å². The number of nitrogens with one attached hydrogen (secondary N) is 1. The van der Waals surface area contributed by atoms with Crippen LogP contribution in [-0.2, 0) is 20.0 Å². The maximum atomic E-state index is 4.69. The van der Waals surface area contributed by atoms with Crippen molar-refractivity contribution < 1.29 is 0 Å². The number of aromatic nitrogens is 2. The minimum Gasteiger partial charge on any atom is -0.361 e. The maximum absolute atomic E-state index is 4.69. The summed E-state index contributed by atoms with van der Waals surface area (Å²) in [6.45, 7) is 7.41. The van der Waals surface area contributed by atoms with Crippen LogP contribution in [0.3, 0.4) is 0 Å². The van der Waals surface area contributed by atoms with Crippen molar-refractivity contribution in [3.05, 3.63) is 17.5 Å². The first kappa shape index (κ1) is 14.4. The fraction of sp³-hybridized carbons (Fsp3) is 0.714. The Hall–Kier alpha value is -0.970. The number of aliphatic imine (C=N–C) groups is 1. The Balaban J connectivity index is 1.92. The van der Waals surface area contributed by atoms with Crippen LogP contribution in [0, 0.1) is 5.92 Å². The van der Waals surface area contributed by atoms with Gasteiger partial charge in [0.25, 0.3) is 0 Å². The third kappa shape index (κ3) is 4.00. The van der Waals surface area contributed by atoms with Crippen molar-refractivity contribution in [2.24, 2.45) is 18.0 Å². The molecule has 5 heteroatoms. The van der Waals surface area contributed by atoms with Gasteiger partial charge in [0, 0.05) is 30.6 Å². The zero-order valence-electron chi connectivity index (χ0n) is 12.3. The van der Waals surface area contributed by atoms with Crippen LogP contribution < -0.4 is 5.32 Å². The zero-order valence-corrected chi connectivity index (χ0v) is 13.1. The summed E-state index contributed by atoms with van der Waals surface area (Å²) in [5, 5.41) is 9.07. The number of rotatable bonds is 5. The summed E-state index contributed by atoms with van der Waals surface area (Å²) in [7, 11) is 1.97. The second kappa shape index (κ2) is 6.46. The molecule has 1 aromatic rings. The normalized spacial score (nSPS) is 21.3. The van der Waals surface area contributed by atoms with Gasteiger partial charge < -0.3 is 5.32 Å². The number of hydrogen-bond donors (Lipinski definition) is 1. The number of thioether (sulfide) groups is 1. The standard InChI is InChI=1S/C14H24N4S/c1-5-13-11(8-18(4)17-13)7-15-14-16-12(9-19-14)6-10(2)3/h8,10,12H,5-7,9H2,1-4H3,(H,15,16). The third-order valence-corrected chi connectivity index (χ3v) is 4.31. The fourth-order valence-electron chi connectivity index (χ4n) is 2.40. The molecule has 1 unspecified atom stereocenters. The van der Waals surface area contributed by atoms with Crippen molar-refractivity contribution in [2.45, 2.75) is 46.2 Å². The SMILES string of the molecule is CCc1nn(C)cc1CN=C1NC(CC(C)C)CS1. The van der Waals surface area contributed by atoms with Crippen LogP contribution in [0.2, 0.25) is 0 Å². The molecule has 0 spiro atoms. The van der Waals surface area contributed by atoms with Gasteiger partial charge in [-0.25, -0.2) is 0 Å². The number of nitrogens with zero attached hydrogens (tertiary/aromatic N) is 3. The van der Waals surface area contributed by atoms with Gasteiger partial charge in [0.05, 0.1) is 12.2 Å². The second-order valence-corrected chi connectivity index (χ2v) is 6.54. The van der Waals surface area contributed by atoms with E-state index in [-0.39, 0.29) is 0 Å². The highest BCUT2D eigenvalue weighted by Gasteiger charge is 2.20. The molecular weight excluding hydrogens is 256 g/mol. The van der Waals surface area contributed by atoms with Gasteiger partial charge in [0.15, 0.2) is 5.17 Å². The van der Waals surface area contributed by atoms with Gasteiger partial charge in [-0.3, -0.25) is 9.67 Å². The van der Waals surface area contributed by atoms with Gasteiger partial charge in [0.2, 0.25) is 0 Å². The Kier molecular flexibility index (Phi) is 4.91. The van der Waals surface area contributed by atoms with Gasteiger partial charge in [-0.05, 0) is 18.8 Å². The number of hydrogen-bond acceptors (Lipinski definition) is 3. The molecule has 1 atom stereocenters. The highest BCUT2D eigenvalue weighted by Crippen LogP contribution is 2.20. The topological polar surface area (TPSA) is 42.2 Å². The average molecular weight is 280 g/mol. The molecule has 19 heavy (non-hydrogen) atoms. The van der Waals surface area contributed by atoms with Crippen LogP contribution in [-0.4, -0.2) is 26.7 Å². The van der Waals surface area contributed by atoms with E-state index >= 15 is 0 Å². The number of aryl methyl sites for hydroxylation is 2. The van der Waals surface area contributed by atoms with Gasteiger partial charge in [-0.1, -0.05) is 32.5 Å². The van der Waals surface area contributed by atoms with E-state index in [0.29, 0.717) is 6.04 Å². The molecule has 1 aliphatic heterocycles. The Bertz CT molecular complexity index is 450. The van der Waals surface area contributed by atoms with Crippen molar-refractivity contribution in [3.8, 4) is 0 Å². The molecule has 0 aromatic carbocycles. The highest BCUT2D eigenvalue weighted by atomic mass is 32.2. The van der Waals surface area contributed by atoms with Crippen molar-refractivity contribution in [1.82, 2.24) is 15.1 Å². The molecular formula is C14H24N4S. The Morgan fingerprint density at radius 3 is 3.05 bits per heavy atom. The molecule has 106 valence electrons. The first-order chi connectivity index (χ1) is 9.08. The van der Waals surface area contributed by atoms with Crippen LogP contribution in [0.1, 0.15) is 38.4 Å². The quantitative estimate of drug-likeness (QED) is 0.901. The molecule has 1 aromatic heterocycles. The van der Waals surface area contributed by atoms with Gasteiger partial charge in [0.1, 0.15) is 0 Å². The molecule has 0 amide bonds. The smallest absolute Gasteiger partial charge is 0.157 e. The van der Waals surface area contributed by atoms with Gasteiger partial charge in [-0.2, -0.15) is 5.10 Å². The van der Waals surface area contributed by atoms with E-state index in [1.54, 1.807) is 0 Å². The van der Waals surface area contributed by atoms with Crippen molar-refractivity contribution >= 4 is 16.9 Å². The van der Waals surface area contributed by atoms with E-state index in [1.807, 2.05) is 23.5 Å². The molecule has 2 rings (SSSR count). The minimum atomic E-state index is 0.586. The molecule has 4 nitrogen and oxygen atoms in total. The van der Waals surface area contributed by atoms with Crippen molar-refractivity contribution in [2.75, 3.05) is 5.75 Å². The molecule has 1 fully saturated rings. The molecule has 0 radical (unpaired) electrons. The Morgan fingerprint density at radius 2 is 2.37 bits per heavy atom. The molecule has 0 saturated carbocycles. The largest absolute Gasteiger partial charge is 0.361 e. The molecule has 0 aliphatic carbocycles. The van der Waals surface area contributed by atoms with E-state index in [2.05, 4.69) is 42.4 Å². The summed E-state index contributed by atoms with van der Waals surface area (Å²) < 4.78 is 1.88. The van der Waals surface area contributed by atoms with Crippen LogP contribution in [0.4, 0.5) is 0 Å². The lowest BCUT2D eigenvalue weighted by Crippen LogP contribution is -2.28. The van der Waals surface area contributed by atoms with Crippen LogP contribution in [0.25, 0.3) is 0 Å². The lowest BCUT2D eigenvalue weighted by molar-refractivity contribution is 0.502. The molecule has 1 N–H and O–H groups in total. The van der Waals surface area contributed by atoms with E-state index in [0.717, 1.165) is 35.5 Å². The maximum Gasteiger partial charge on any atom is 0.157 e. The Labute approximate surface area is 120 Å². The second-order valence-electron chi connectivity index (χ2n) is 5.53. The fourth-order valence-corrected chi connectivity index (χ4v) is 3.38. The summed E-state index contributed by atoms with van der Waals surface area (Å²) in [6.07, 6.45) is 4.27. The third-order valence-electron chi connectivity index (χ3n) is 3.22. The van der Waals surface area contributed by atoms with Gasteiger partial charge in [-0.15, -0.1) is 0 Å². The molecule has 0 bridgehead atoms. The summed E-state index contributed by atoms with van der Waals surface area (Å²) in [4.78, 5) is 4.69. The zero-order chi connectivity index (χ0) is 13.8. The lowest BCUT2D eigenvalue weighted by atomic mass is 10.1. The summed E-state index contributed by atoms with van der Waals surface area (Å²) in [6, 6.07) is 0.586. The van der Waals surface area contributed by atoms with Gasteiger partial charge >= 0.3 is 0 Å². The van der Waals surface area contributed by atoms with Crippen molar-refractivity contribution in [1.29, 1.82) is 0 Å². The first-order valence-electron chi connectivity index (χ1n) is 7.03. The lowest BCUT2D eigenvalue weighted by Gasteiger charge is -2.11. The first-order valence-corrected chi connectivity index (χ1v) is 8.02. The van der Waals surface area contributed by atoms with E-state index < -0.39 is 0 Å². The summed E-state index contributed by atoms with van der Waals surface area (Å²) in [5.41, 5.74) is 2.40. The highest BCUT2D eigenvalue weighted by molar-refractivity contribution is 8.14. The average Bonchev–Trinajstić information content (AvgIpc) is 2.92. The van der Waals surface area contributed by atoms with Crippen LogP contribution in [0.5, 0.6) is 0 Å². The molecule has 2 heterocycles. The minimum absolute atomic E-state index is 0.586. The summed E-state index contributed by atoms with van der Waals surface area (Å²) in [5.74, 6) is 1.88. The summed E-state index contributed by atoms with van der Waals surface area (Å²) >= 11 is 1.84.